The van der Waals surface area contributed by atoms with Gasteiger partial charge in [-0.2, -0.15) is 5.26 Å². The summed E-state index contributed by atoms with van der Waals surface area (Å²) in [6, 6.07) is 2.35. The fourth-order valence-electron chi connectivity index (χ4n) is 2.64. The van der Waals surface area contributed by atoms with E-state index in [0.29, 0.717) is 0 Å². The van der Waals surface area contributed by atoms with Crippen molar-refractivity contribution in [3.63, 3.8) is 0 Å². The SMILES string of the molecule is CC(C)(C#N)[C@@H]1CCOC2(CCCCC2)O1. The lowest BCUT2D eigenvalue weighted by Crippen LogP contribution is -2.50. The van der Waals surface area contributed by atoms with Crippen molar-refractivity contribution in [3.8, 4) is 6.07 Å². The monoisotopic (exact) mass is 223 g/mol. The van der Waals surface area contributed by atoms with Crippen molar-refractivity contribution in [2.45, 2.75) is 64.3 Å². The van der Waals surface area contributed by atoms with Gasteiger partial charge in [0.1, 0.15) is 0 Å². The quantitative estimate of drug-likeness (QED) is 0.686. The summed E-state index contributed by atoms with van der Waals surface area (Å²) in [5.74, 6) is -0.366. The standard InChI is InChI=1S/C13H21NO2/c1-12(2,10-14)11-6-9-15-13(16-11)7-4-3-5-8-13/h11H,3-9H2,1-2H3/t11-/m0/s1. The third kappa shape index (κ3) is 2.23. The van der Waals surface area contributed by atoms with E-state index < -0.39 is 5.41 Å². The first kappa shape index (κ1) is 11.9. The first-order chi connectivity index (χ1) is 7.58. The number of ether oxygens (including phenoxy) is 2. The van der Waals surface area contributed by atoms with E-state index in [9.17, 15) is 0 Å². The summed E-state index contributed by atoms with van der Waals surface area (Å²) < 4.78 is 12.0. The molecule has 1 aliphatic heterocycles. The van der Waals surface area contributed by atoms with Crippen LogP contribution in [0.4, 0.5) is 0 Å². The van der Waals surface area contributed by atoms with Crippen LogP contribution in [0.1, 0.15) is 52.4 Å². The second kappa shape index (κ2) is 4.35. The summed E-state index contributed by atoms with van der Waals surface area (Å²) in [7, 11) is 0. The van der Waals surface area contributed by atoms with Gasteiger partial charge < -0.3 is 9.47 Å². The van der Waals surface area contributed by atoms with Crippen LogP contribution in [0, 0.1) is 16.7 Å². The van der Waals surface area contributed by atoms with E-state index in [0.717, 1.165) is 25.9 Å². The Labute approximate surface area is 97.7 Å². The van der Waals surface area contributed by atoms with Crippen LogP contribution in [0.5, 0.6) is 0 Å². The zero-order valence-electron chi connectivity index (χ0n) is 10.3. The van der Waals surface area contributed by atoms with E-state index >= 15 is 0 Å². The van der Waals surface area contributed by atoms with E-state index in [4.69, 9.17) is 14.7 Å². The van der Waals surface area contributed by atoms with Gasteiger partial charge in [-0.05, 0) is 33.1 Å². The molecule has 1 heterocycles. The highest BCUT2D eigenvalue weighted by Gasteiger charge is 2.44. The largest absolute Gasteiger partial charge is 0.350 e. The van der Waals surface area contributed by atoms with Gasteiger partial charge in [0.05, 0.1) is 24.2 Å². The predicted molar refractivity (Wildman–Crippen MR) is 60.7 cm³/mol. The minimum Gasteiger partial charge on any atom is -0.350 e. The van der Waals surface area contributed by atoms with Crippen LogP contribution in [-0.4, -0.2) is 18.5 Å². The fourth-order valence-corrected chi connectivity index (χ4v) is 2.64. The van der Waals surface area contributed by atoms with Gasteiger partial charge in [0.25, 0.3) is 0 Å². The summed E-state index contributed by atoms with van der Waals surface area (Å²) in [5, 5.41) is 9.16. The summed E-state index contributed by atoms with van der Waals surface area (Å²) in [4.78, 5) is 0. The smallest absolute Gasteiger partial charge is 0.168 e. The Morgan fingerprint density at radius 2 is 1.94 bits per heavy atom. The van der Waals surface area contributed by atoms with Crippen molar-refractivity contribution < 1.29 is 9.47 Å². The van der Waals surface area contributed by atoms with Crippen LogP contribution in [-0.2, 0) is 9.47 Å². The first-order valence-electron chi connectivity index (χ1n) is 6.31. The lowest BCUT2D eigenvalue weighted by molar-refractivity contribution is -0.316. The molecule has 2 aliphatic rings. The van der Waals surface area contributed by atoms with E-state index in [-0.39, 0.29) is 11.9 Å². The summed E-state index contributed by atoms with van der Waals surface area (Å²) in [6.45, 7) is 4.65. The molecule has 1 spiro atoms. The molecule has 0 unspecified atom stereocenters. The summed E-state index contributed by atoms with van der Waals surface area (Å²) in [6.07, 6.45) is 6.47. The highest BCUT2D eigenvalue weighted by molar-refractivity contribution is 5.00. The number of nitrogens with zero attached hydrogens (tertiary/aromatic N) is 1. The number of rotatable bonds is 1. The van der Waals surface area contributed by atoms with Gasteiger partial charge in [-0.3, -0.25) is 0 Å². The molecule has 1 saturated heterocycles. The summed E-state index contributed by atoms with van der Waals surface area (Å²) >= 11 is 0. The molecule has 1 atom stereocenters. The zero-order valence-corrected chi connectivity index (χ0v) is 10.3. The highest BCUT2D eigenvalue weighted by atomic mass is 16.7. The fraction of sp³-hybridized carbons (Fsp3) is 0.923. The molecule has 2 fully saturated rings. The summed E-state index contributed by atoms with van der Waals surface area (Å²) in [5.41, 5.74) is -0.409. The Balaban J connectivity index is 2.06. The van der Waals surface area contributed by atoms with Gasteiger partial charge in [-0.1, -0.05) is 6.42 Å². The van der Waals surface area contributed by atoms with Crippen molar-refractivity contribution in [2.75, 3.05) is 6.61 Å². The maximum absolute atomic E-state index is 9.16. The Kier molecular flexibility index (Phi) is 3.23. The molecule has 0 amide bonds. The molecule has 1 saturated carbocycles. The molecule has 1 aliphatic carbocycles. The second-order valence-corrected chi connectivity index (χ2v) is 5.55. The van der Waals surface area contributed by atoms with E-state index in [1.165, 1.54) is 19.3 Å². The molecule has 0 aromatic rings. The van der Waals surface area contributed by atoms with E-state index in [2.05, 4.69) is 6.07 Å². The van der Waals surface area contributed by atoms with Crippen molar-refractivity contribution in [2.24, 2.45) is 5.41 Å². The van der Waals surface area contributed by atoms with Crippen molar-refractivity contribution in [1.82, 2.24) is 0 Å². The van der Waals surface area contributed by atoms with Gasteiger partial charge in [0, 0.05) is 12.8 Å². The Morgan fingerprint density at radius 3 is 2.56 bits per heavy atom. The van der Waals surface area contributed by atoms with Gasteiger partial charge in [0.15, 0.2) is 5.79 Å². The number of nitriles is 1. The van der Waals surface area contributed by atoms with Gasteiger partial charge in [-0.25, -0.2) is 0 Å². The maximum atomic E-state index is 9.16. The van der Waals surface area contributed by atoms with Crippen LogP contribution >= 0.6 is 0 Å². The average molecular weight is 223 g/mol. The maximum Gasteiger partial charge on any atom is 0.168 e. The van der Waals surface area contributed by atoms with Crippen LogP contribution in [0.25, 0.3) is 0 Å². The zero-order chi connectivity index (χ0) is 11.6. The minimum atomic E-state index is -0.409. The van der Waals surface area contributed by atoms with E-state index in [1.807, 2.05) is 13.8 Å². The molecule has 90 valence electrons. The lowest BCUT2D eigenvalue weighted by Gasteiger charge is -2.46. The Bertz CT molecular complexity index is 281. The Hall–Kier alpha value is -0.590. The average Bonchev–Trinajstić information content (AvgIpc) is 2.30. The van der Waals surface area contributed by atoms with Crippen LogP contribution in [0.3, 0.4) is 0 Å². The molecule has 0 bridgehead atoms. The first-order valence-corrected chi connectivity index (χ1v) is 6.31. The number of hydrogen-bond donors (Lipinski definition) is 0. The van der Waals surface area contributed by atoms with Gasteiger partial charge in [0.2, 0.25) is 0 Å². The highest BCUT2D eigenvalue weighted by Crippen LogP contribution is 2.40. The Morgan fingerprint density at radius 1 is 1.25 bits per heavy atom. The van der Waals surface area contributed by atoms with E-state index in [1.54, 1.807) is 0 Å². The lowest BCUT2D eigenvalue weighted by atomic mass is 9.84. The van der Waals surface area contributed by atoms with Crippen LogP contribution in [0.2, 0.25) is 0 Å². The normalized spacial score (nSPS) is 29.9. The molecule has 16 heavy (non-hydrogen) atoms. The minimum absolute atomic E-state index is 0.0179. The van der Waals surface area contributed by atoms with Crippen molar-refractivity contribution >= 4 is 0 Å². The predicted octanol–water partition coefficient (Wildman–Crippen LogP) is 3.00. The van der Waals surface area contributed by atoms with Gasteiger partial charge >= 0.3 is 0 Å². The third-order valence-electron chi connectivity index (χ3n) is 3.81. The molecule has 0 aromatic carbocycles. The molecule has 3 nitrogen and oxygen atoms in total. The second-order valence-electron chi connectivity index (χ2n) is 5.55. The molecular formula is C13H21NO2. The van der Waals surface area contributed by atoms with Crippen molar-refractivity contribution in [3.05, 3.63) is 0 Å². The molecular weight excluding hydrogens is 202 g/mol. The van der Waals surface area contributed by atoms with Crippen LogP contribution < -0.4 is 0 Å². The third-order valence-corrected chi connectivity index (χ3v) is 3.81. The molecule has 0 aromatic heterocycles. The molecule has 0 N–H and O–H groups in total. The molecule has 0 radical (unpaired) electrons. The molecule has 3 heteroatoms. The molecule has 2 rings (SSSR count). The van der Waals surface area contributed by atoms with Crippen molar-refractivity contribution in [1.29, 1.82) is 5.26 Å². The number of hydrogen-bond acceptors (Lipinski definition) is 3. The van der Waals surface area contributed by atoms with Gasteiger partial charge in [-0.15, -0.1) is 0 Å². The van der Waals surface area contributed by atoms with Crippen LogP contribution in [0.15, 0.2) is 0 Å². The topological polar surface area (TPSA) is 42.2 Å².